The summed E-state index contributed by atoms with van der Waals surface area (Å²) < 4.78 is 1.05. The van der Waals surface area contributed by atoms with Crippen molar-refractivity contribution in [3.63, 3.8) is 0 Å². The van der Waals surface area contributed by atoms with E-state index in [2.05, 4.69) is 29.8 Å². The molecule has 0 bridgehead atoms. The normalized spacial score (nSPS) is 27.2. The fraction of sp³-hybridized carbons (Fsp3) is 0.600. The molecule has 72 valence electrons. The molecule has 0 amide bonds. The minimum absolute atomic E-state index is 0.274. The van der Waals surface area contributed by atoms with Gasteiger partial charge in [0.15, 0.2) is 0 Å². The van der Waals surface area contributed by atoms with E-state index in [9.17, 15) is 5.11 Å². The molecule has 0 aromatic carbocycles. The first-order chi connectivity index (χ1) is 6.02. The summed E-state index contributed by atoms with van der Waals surface area (Å²) in [6.45, 7) is 4.42. The van der Waals surface area contributed by atoms with Crippen molar-refractivity contribution in [1.82, 2.24) is 0 Å². The van der Waals surface area contributed by atoms with Gasteiger partial charge in [0.05, 0.1) is 6.10 Å². The van der Waals surface area contributed by atoms with Crippen LogP contribution >= 0.6 is 27.3 Å². The van der Waals surface area contributed by atoms with Gasteiger partial charge in [-0.1, -0.05) is 13.8 Å². The molecule has 1 saturated carbocycles. The number of aliphatic hydroxyl groups is 1. The van der Waals surface area contributed by atoms with Crippen LogP contribution in [0, 0.1) is 11.3 Å². The van der Waals surface area contributed by atoms with Crippen LogP contribution in [0.2, 0.25) is 0 Å². The van der Waals surface area contributed by atoms with E-state index in [1.54, 1.807) is 11.3 Å². The summed E-state index contributed by atoms with van der Waals surface area (Å²) >= 11 is 5.08. The van der Waals surface area contributed by atoms with E-state index >= 15 is 0 Å². The van der Waals surface area contributed by atoms with Crippen LogP contribution in [0.25, 0.3) is 0 Å². The van der Waals surface area contributed by atoms with E-state index in [1.807, 2.05) is 11.4 Å². The molecular weight excluding hydrogens is 248 g/mol. The smallest absolute Gasteiger partial charge is 0.0926 e. The molecule has 0 aliphatic heterocycles. The number of rotatable bonds is 2. The maximum absolute atomic E-state index is 10.0. The molecule has 0 radical (unpaired) electrons. The molecule has 1 aromatic rings. The Morgan fingerprint density at radius 2 is 2.31 bits per heavy atom. The predicted molar refractivity (Wildman–Crippen MR) is 58.9 cm³/mol. The van der Waals surface area contributed by atoms with Crippen molar-refractivity contribution in [3.05, 3.63) is 20.8 Å². The van der Waals surface area contributed by atoms with Crippen LogP contribution < -0.4 is 0 Å². The molecule has 0 saturated heterocycles. The van der Waals surface area contributed by atoms with Crippen LogP contribution in [0.4, 0.5) is 0 Å². The molecule has 1 aliphatic carbocycles. The van der Waals surface area contributed by atoms with Gasteiger partial charge in [0.25, 0.3) is 0 Å². The first kappa shape index (κ1) is 9.69. The average Bonchev–Trinajstić information content (AvgIpc) is 2.49. The third-order valence-electron chi connectivity index (χ3n) is 2.88. The van der Waals surface area contributed by atoms with E-state index in [-0.39, 0.29) is 6.10 Å². The zero-order valence-electron chi connectivity index (χ0n) is 7.75. The number of halogens is 1. The van der Waals surface area contributed by atoms with Gasteiger partial charge in [-0.3, -0.25) is 0 Å². The van der Waals surface area contributed by atoms with E-state index < -0.39 is 0 Å². The highest BCUT2D eigenvalue weighted by atomic mass is 79.9. The summed E-state index contributed by atoms with van der Waals surface area (Å²) in [5.74, 6) is 0.447. The summed E-state index contributed by atoms with van der Waals surface area (Å²) in [6.07, 6.45) is 0.864. The Morgan fingerprint density at radius 3 is 2.69 bits per heavy atom. The Balaban J connectivity index is 2.15. The number of hydrogen-bond acceptors (Lipinski definition) is 2. The van der Waals surface area contributed by atoms with Gasteiger partial charge in [0.2, 0.25) is 0 Å². The van der Waals surface area contributed by atoms with Crippen molar-refractivity contribution in [1.29, 1.82) is 0 Å². The van der Waals surface area contributed by atoms with Crippen LogP contribution in [0.5, 0.6) is 0 Å². The Morgan fingerprint density at radius 1 is 1.69 bits per heavy atom. The van der Waals surface area contributed by atoms with Crippen molar-refractivity contribution >= 4 is 27.3 Å². The second kappa shape index (κ2) is 3.07. The van der Waals surface area contributed by atoms with Crippen LogP contribution in [0.3, 0.4) is 0 Å². The van der Waals surface area contributed by atoms with Crippen molar-refractivity contribution in [2.75, 3.05) is 0 Å². The standard InChI is InChI=1S/C10H13BrOS/c1-10(2)5-6(10)8(12)9-7(11)3-4-13-9/h3-4,6,8,12H,5H2,1-2H3. The molecule has 1 aliphatic rings. The quantitative estimate of drug-likeness (QED) is 0.862. The van der Waals surface area contributed by atoms with E-state index in [4.69, 9.17) is 0 Å². The maximum Gasteiger partial charge on any atom is 0.0926 e. The summed E-state index contributed by atoms with van der Waals surface area (Å²) in [5, 5.41) is 12.1. The van der Waals surface area contributed by atoms with Gasteiger partial charge < -0.3 is 5.11 Å². The SMILES string of the molecule is CC1(C)CC1C(O)c1sccc1Br. The van der Waals surface area contributed by atoms with Gasteiger partial charge in [0.1, 0.15) is 0 Å². The third kappa shape index (κ3) is 1.69. The van der Waals surface area contributed by atoms with E-state index in [0.29, 0.717) is 11.3 Å². The monoisotopic (exact) mass is 260 g/mol. The van der Waals surface area contributed by atoms with Crippen molar-refractivity contribution in [3.8, 4) is 0 Å². The number of thiophene rings is 1. The van der Waals surface area contributed by atoms with E-state index in [1.165, 1.54) is 0 Å². The van der Waals surface area contributed by atoms with Gasteiger partial charge in [-0.15, -0.1) is 11.3 Å². The zero-order chi connectivity index (χ0) is 9.64. The Hall–Kier alpha value is 0.140. The molecule has 1 N–H and O–H groups in total. The first-order valence-corrected chi connectivity index (χ1v) is 6.10. The summed E-state index contributed by atoms with van der Waals surface area (Å²) in [6, 6.07) is 2.00. The Bertz CT molecular complexity index is 318. The summed E-state index contributed by atoms with van der Waals surface area (Å²) in [5.41, 5.74) is 0.336. The van der Waals surface area contributed by atoms with Gasteiger partial charge >= 0.3 is 0 Å². The molecule has 1 nitrogen and oxygen atoms in total. The third-order valence-corrected chi connectivity index (χ3v) is 4.83. The molecule has 2 atom stereocenters. The first-order valence-electron chi connectivity index (χ1n) is 4.43. The molecule has 13 heavy (non-hydrogen) atoms. The lowest BCUT2D eigenvalue weighted by Crippen LogP contribution is -2.03. The molecule has 1 heterocycles. The van der Waals surface area contributed by atoms with Crippen molar-refractivity contribution < 1.29 is 5.11 Å². The highest BCUT2D eigenvalue weighted by Gasteiger charge is 2.50. The van der Waals surface area contributed by atoms with Crippen LogP contribution in [0.1, 0.15) is 31.2 Å². The van der Waals surface area contributed by atoms with E-state index in [0.717, 1.165) is 15.8 Å². The molecule has 0 spiro atoms. The number of hydrogen-bond donors (Lipinski definition) is 1. The average molecular weight is 261 g/mol. The Kier molecular flexibility index (Phi) is 2.29. The zero-order valence-corrected chi connectivity index (χ0v) is 10.2. The topological polar surface area (TPSA) is 20.2 Å². The van der Waals surface area contributed by atoms with Crippen molar-refractivity contribution in [2.24, 2.45) is 11.3 Å². The fourth-order valence-corrected chi connectivity index (χ4v) is 3.40. The molecule has 2 unspecified atom stereocenters. The second-order valence-corrected chi connectivity index (χ2v) is 6.18. The molecule has 1 aromatic heterocycles. The number of aliphatic hydroxyl groups excluding tert-OH is 1. The van der Waals surface area contributed by atoms with Crippen molar-refractivity contribution in [2.45, 2.75) is 26.4 Å². The van der Waals surface area contributed by atoms with Crippen LogP contribution in [-0.2, 0) is 0 Å². The summed E-state index contributed by atoms with van der Waals surface area (Å²) in [7, 11) is 0. The van der Waals surface area contributed by atoms with Gasteiger partial charge in [-0.05, 0) is 45.1 Å². The summed E-state index contributed by atoms with van der Waals surface area (Å²) in [4.78, 5) is 1.08. The second-order valence-electron chi connectivity index (χ2n) is 4.38. The van der Waals surface area contributed by atoms with Crippen LogP contribution in [-0.4, -0.2) is 5.11 Å². The lowest BCUT2D eigenvalue weighted by Gasteiger charge is -2.10. The molecule has 3 heteroatoms. The maximum atomic E-state index is 10.0. The van der Waals surface area contributed by atoms with Gasteiger partial charge in [0, 0.05) is 9.35 Å². The lowest BCUT2D eigenvalue weighted by molar-refractivity contribution is 0.141. The van der Waals surface area contributed by atoms with Gasteiger partial charge in [-0.2, -0.15) is 0 Å². The molecular formula is C10H13BrOS. The highest BCUT2D eigenvalue weighted by molar-refractivity contribution is 9.10. The lowest BCUT2D eigenvalue weighted by atomic mass is 10.1. The minimum atomic E-state index is -0.274. The largest absolute Gasteiger partial charge is 0.387 e. The van der Waals surface area contributed by atoms with Crippen LogP contribution in [0.15, 0.2) is 15.9 Å². The molecule has 2 rings (SSSR count). The van der Waals surface area contributed by atoms with Gasteiger partial charge in [-0.25, -0.2) is 0 Å². The predicted octanol–water partition coefficient (Wildman–Crippen LogP) is 3.59. The Labute approximate surface area is 90.9 Å². The minimum Gasteiger partial charge on any atom is -0.387 e. The highest BCUT2D eigenvalue weighted by Crippen LogP contribution is 2.58. The fourth-order valence-electron chi connectivity index (χ4n) is 1.75. The molecule has 1 fully saturated rings.